The fourth-order valence-corrected chi connectivity index (χ4v) is 1.00. The van der Waals surface area contributed by atoms with Crippen LogP contribution in [0.2, 0.25) is 0 Å². The summed E-state index contributed by atoms with van der Waals surface area (Å²) < 4.78 is 5.04. The second kappa shape index (κ2) is 3.38. The summed E-state index contributed by atoms with van der Waals surface area (Å²) in [5.74, 6) is 0.818. The molecule has 0 aliphatic rings. The zero-order valence-corrected chi connectivity index (χ0v) is 6.79. The molecule has 0 aliphatic carbocycles. The van der Waals surface area contributed by atoms with Gasteiger partial charge in [0.05, 0.1) is 0 Å². The number of benzene rings is 1. The van der Waals surface area contributed by atoms with E-state index in [0.717, 1.165) is 11.3 Å². The van der Waals surface area contributed by atoms with Gasteiger partial charge in [-0.1, -0.05) is 0 Å². The maximum atomic E-state index is 5.12. The first kappa shape index (κ1) is 8.06. The van der Waals surface area contributed by atoms with Crippen molar-refractivity contribution in [2.24, 2.45) is 0 Å². The van der Waals surface area contributed by atoms with Gasteiger partial charge in [0.25, 0.3) is 0 Å². The van der Waals surface area contributed by atoms with Crippen LogP contribution in [-0.2, 0) is 0 Å². The van der Waals surface area contributed by atoms with Gasteiger partial charge in [0.15, 0.2) is 0 Å². The van der Waals surface area contributed by atoms with Crippen molar-refractivity contribution in [1.29, 1.82) is 0 Å². The Balaban J connectivity index is 2.98. The average Bonchev–Trinajstić information content (AvgIpc) is 1.95. The summed E-state index contributed by atoms with van der Waals surface area (Å²) in [4.78, 5) is 0. The van der Waals surface area contributed by atoms with Gasteiger partial charge in [0.1, 0.15) is 0 Å². The number of aryl methyl sites for hydroxylation is 2. The van der Waals surface area contributed by atoms with E-state index in [-0.39, 0.29) is 0 Å². The van der Waals surface area contributed by atoms with Gasteiger partial charge in [0.2, 0.25) is 0 Å². The van der Waals surface area contributed by atoms with Gasteiger partial charge in [-0.3, -0.25) is 0 Å². The number of hydrogen-bond donors (Lipinski definition) is 0. The van der Waals surface area contributed by atoms with Crippen LogP contribution < -0.4 is 4.74 Å². The summed E-state index contributed by atoms with van der Waals surface area (Å²) in [6.07, 6.45) is 1.19. The van der Waals surface area contributed by atoms with Crippen molar-refractivity contribution in [3.05, 3.63) is 29.3 Å². The Hall–Kier alpha value is -1.05. The van der Waals surface area contributed by atoms with Crippen LogP contribution in [0.25, 0.3) is 0 Å². The Kier molecular flexibility index (Phi) is 2.47. The van der Waals surface area contributed by atoms with E-state index in [0.29, 0.717) is 0 Å². The van der Waals surface area contributed by atoms with Crippen LogP contribution in [0.4, 0.5) is 0 Å². The quantitative estimate of drug-likeness (QED) is 0.574. The molecule has 0 spiro atoms. The van der Waals surface area contributed by atoms with E-state index in [4.69, 9.17) is 12.2 Å². The Bertz CT molecular complexity index is 268. The average molecular weight is 145 g/mol. The van der Waals surface area contributed by atoms with Crippen molar-refractivity contribution >= 4 is 13.6 Å². The van der Waals surface area contributed by atoms with E-state index < -0.39 is 0 Å². The molecule has 0 saturated carbocycles. The third kappa shape index (κ3) is 1.94. The van der Waals surface area contributed by atoms with E-state index in [1.807, 2.05) is 26.0 Å². The number of ether oxygens (including phenoxy) is 1. The van der Waals surface area contributed by atoms with Crippen LogP contribution in [0.1, 0.15) is 11.1 Å². The van der Waals surface area contributed by atoms with E-state index in [9.17, 15) is 0 Å². The van der Waals surface area contributed by atoms with Crippen molar-refractivity contribution in [2.75, 3.05) is 0 Å². The molecule has 0 atom stereocenters. The molecule has 0 amide bonds. The van der Waals surface area contributed by atoms with Crippen LogP contribution >= 0.6 is 0 Å². The summed E-state index contributed by atoms with van der Waals surface area (Å²) in [5.41, 5.74) is 2.33. The van der Waals surface area contributed by atoms with Crippen molar-refractivity contribution < 1.29 is 4.74 Å². The second-order valence-electron chi connectivity index (χ2n) is 2.52. The van der Waals surface area contributed by atoms with Crippen molar-refractivity contribution in [2.45, 2.75) is 13.8 Å². The summed E-state index contributed by atoms with van der Waals surface area (Å²) in [6, 6.07) is 5.96. The minimum atomic E-state index is 0.818. The van der Waals surface area contributed by atoms with Crippen LogP contribution in [0.15, 0.2) is 18.2 Å². The van der Waals surface area contributed by atoms with Crippen LogP contribution in [0.5, 0.6) is 5.75 Å². The third-order valence-corrected chi connectivity index (χ3v) is 1.53. The van der Waals surface area contributed by atoms with Gasteiger partial charge >= 0.3 is 67.3 Å². The molecular formula is C9H10BO. The fourth-order valence-electron chi connectivity index (χ4n) is 1.00. The van der Waals surface area contributed by atoms with Gasteiger partial charge in [-0.25, -0.2) is 0 Å². The van der Waals surface area contributed by atoms with Crippen molar-refractivity contribution in [1.82, 2.24) is 0 Å². The predicted octanol–water partition coefficient (Wildman–Crippen LogP) is 1.61. The second-order valence-corrected chi connectivity index (χ2v) is 2.52. The standard InChI is InChI=1S/C9H10BO/c1-7-3-4-9(11-6-10)8(2)5-7/h3-6H,1-2H3. The van der Waals surface area contributed by atoms with Crippen LogP contribution in [0.3, 0.4) is 0 Å². The molecule has 0 saturated heterocycles. The van der Waals surface area contributed by atoms with Gasteiger partial charge in [0, 0.05) is 0 Å². The maximum absolute atomic E-state index is 5.12. The monoisotopic (exact) mass is 145 g/mol. The Labute approximate surface area is 68.1 Å². The molecule has 1 nitrogen and oxygen atoms in total. The summed E-state index contributed by atoms with van der Waals surface area (Å²) >= 11 is 0. The molecular weight excluding hydrogens is 135 g/mol. The molecule has 0 heterocycles. The molecule has 0 fully saturated rings. The molecule has 0 N–H and O–H groups in total. The molecule has 11 heavy (non-hydrogen) atoms. The summed E-state index contributed by atoms with van der Waals surface area (Å²) in [6.45, 7) is 4.04. The first-order valence-corrected chi connectivity index (χ1v) is 3.51. The minimum absolute atomic E-state index is 0.818. The molecule has 55 valence electrons. The fraction of sp³-hybridized carbons (Fsp3) is 0.222. The molecule has 0 aromatic heterocycles. The van der Waals surface area contributed by atoms with Crippen LogP contribution in [-0.4, -0.2) is 13.6 Å². The zero-order valence-electron chi connectivity index (χ0n) is 6.79. The SMILES string of the molecule is [B]=COc1ccc(C)cc1C. The Morgan fingerprint density at radius 3 is 2.64 bits per heavy atom. The third-order valence-electron chi connectivity index (χ3n) is 1.53. The van der Waals surface area contributed by atoms with E-state index >= 15 is 0 Å². The van der Waals surface area contributed by atoms with Crippen LogP contribution in [0, 0.1) is 13.8 Å². The number of hydrogen-bond acceptors (Lipinski definition) is 1. The molecule has 1 aromatic rings. The van der Waals surface area contributed by atoms with E-state index in [1.165, 1.54) is 11.7 Å². The molecule has 2 heteroatoms. The first-order valence-electron chi connectivity index (χ1n) is 3.51. The van der Waals surface area contributed by atoms with Crippen molar-refractivity contribution in [3.63, 3.8) is 0 Å². The van der Waals surface area contributed by atoms with Crippen molar-refractivity contribution in [3.8, 4) is 5.75 Å². The molecule has 1 aromatic carbocycles. The van der Waals surface area contributed by atoms with Gasteiger partial charge < -0.3 is 0 Å². The first-order chi connectivity index (χ1) is 5.24. The number of rotatable bonds is 2. The summed E-state index contributed by atoms with van der Waals surface area (Å²) in [5, 5.41) is 0. The normalized spacial score (nSPS) is 9.18. The molecule has 0 bridgehead atoms. The Morgan fingerprint density at radius 2 is 2.09 bits per heavy atom. The summed E-state index contributed by atoms with van der Waals surface area (Å²) in [7, 11) is 5.12. The predicted molar refractivity (Wildman–Crippen MR) is 48.4 cm³/mol. The van der Waals surface area contributed by atoms with Gasteiger partial charge in [-0.05, 0) is 0 Å². The Morgan fingerprint density at radius 1 is 1.36 bits per heavy atom. The zero-order chi connectivity index (χ0) is 8.27. The molecule has 0 unspecified atom stereocenters. The molecule has 0 aliphatic heterocycles. The molecule has 1 rings (SSSR count). The topological polar surface area (TPSA) is 9.23 Å². The van der Waals surface area contributed by atoms with Gasteiger partial charge in [-0.15, -0.1) is 0 Å². The molecule has 1 radical (unpaired) electrons. The van der Waals surface area contributed by atoms with E-state index in [2.05, 4.69) is 6.07 Å². The van der Waals surface area contributed by atoms with E-state index in [1.54, 1.807) is 0 Å². The van der Waals surface area contributed by atoms with Gasteiger partial charge in [-0.2, -0.15) is 0 Å².